The molecule has 17 heavy (non-hydrogen) atoms. The van der Waals surface area contributed by atoms with Crippen molar-refractivity contribution in [1.29, 1.82) is 0 Å². The minimum absolute atomic E-state index is 0.0959. The summed E-state index contributed by atoms with van der Waals surface area (Å²) in [6.45, 7) is -0.229. The van der Waals surface area contributed by atoms with Gasteiger partial charge in [0.2, 0.25) is 0 Å². The monoisotopic (exact) mass is 238 g/mol. The predicted octanol–water partition coefficient (Wildman–Crippen LogP) is 2.52. The average molecular weight is 238 g/mol. The van der Waals surface area contributed by atoms with Crippen LogP contribution in [-0.4, -0.2) is 11.2 Å². The van der Waals surface area contributed by atoms with Gasteiger partial charge in [0.15, 0.2) is 0 Å². The minimum Gasteiger partial charge on any atom is -0.394 e. The molecule has 3 nitrogen and oxygen atoms in total. The number of pyridine rings is 1. The van der Waals surface area contributed by atoms with E-state index in [1.807, 2.05) is 6.07 Å². The first kappa shape index (κ1) is 12.1. The highest BCUT2D eigenvalue weighted by atomic mass is 19.1. The van der Waals surface area contributed by atoms with Gasteiger partial charge in [-0.1, -0.05) is 0 Å². The van der Waals surface area contributed by atoms with Gasteiger partial charge >= 0.3 is 0 Å². The zero-order valence-electron chi connectivity index (χ0n) is 9.94. The van der Waals surface area contributed by atoms with Crippen molar-refractivity contribution in [2.45, 2.75) is 38.1 Å². The molecule has 1 aliphatic rings. The summed E-state index contributed by atoms with van der Waals surface area (Å²) in [7, 11) is 0. The normalized spacial score (nSPS) is 24.8. The lowest BCUT2D eigenvalue weighted by molar-refractivity contribution is 0.245. The summed E-state index contributed by atoms with van der Waals surface area (Å²) in [6, 6.07) is 3.68. The molecule has 1 aromatic rings. The van der Waals surface area contributed by atoms with Crippen LogP contribution >= 0.6 is 0 Å². The van der Waals surface area contributed by atoms with Crippen molar-refractivity contribution in [1.82, 2.24) is 4.57 Å². The summed E-state index contributed by atoms with van der Waals surface area (Å²) in [4.78, 5) is 11.9. The van der Waals surface area contributed by atoms with Crippen LogP contribution in [-0.2, 0) is 0 Å². The third-order valence-electron chi connectivity index (χ3n) is 3.73. The summed E-state index contributed by atoms with van der Waals surface area (Å²) in [5.41, 5.74) is 5.83. The van der Waals surface area contributed by atoms with E-state index in [2.05, 4.69) is 0 Å². The number of nitrogens with zero attached hydrogens (tertiary/aromatic N) is 1. The second kappa shape index (κ2) is 5.34. The molecular weight excluding hydrogens is 219 g/mol. The largest absolute Gasteiger partial charge is 0.394 e. The van der Waals surface area contributed by atoms with Gasteiger partial charge in [0.05, 0.1) is 12.4 Å². The number of halogens is 1. The van der Waals surface area contributed by atoms with Crippen LogP contribution in [0.25, 0.3) is 0 Å². The summed E-state index contributed by atoms with van der Waals surface area (Å²) in [5, 5.41) is 0. The van der Waals surface area contributed by atoms with Gasteiger partial charge in [0.1, 0.15) is 0 Å². The fourth-order valence-corrected chi connectivity index (χ4v) is 2.68. The minimum atomic E-state index is -0.229. The maximum Gasteiger partial charge on any atom is 0.273 e. The highest BCUT2D eigenvalue weighted by Crippen LogP contribution is 2.33. The van der Waals surface area contributed by atoms with Crippen molar-refractivity contribution < 1.29 is 4.39 Å². The first-order valence-corrected chi connectivity index (χ1v) is 6.25. The Kier molecular flexibility index (Phi) is 3.82. The Morgan fingerprint density at radius 1 is 1.35 bits per heavy atom. The molecule has 0 amide bonds. The molecule has 0 unspecified atom stereocenters. The Bertz CT molecular complexity index is 422. The Hall–Kier alpha value is -1.32. The summed E-state index contributed by atoms with van der Waals surface area (Å²) < 4.78 is 14.0. The number of hydrogen-bond donors (Lipinski definition) is 1. The van der Waals surface area contributed by atoms with Crippen molar-refractivity contribution in [2.24, 2.45) is 5.92 Å². The number of alkyl halides is 1. The van der Waals surface area contributed by atoms with Crippen LogP contribution in [0, 0.1) is 5.92 Å². The summed E-state index contributed by atoms with van der Waals surface area (Å²) >= 11 is 0. The topological polar surface area (TPSA) is 48.0 Å². The van der Waals surface area contributed by atoms with Crippen LogP contribution < -0.4 is 11.3 Å². The van der Waals surface area contributed by atoms with E-state index in [0.717, 1.165) is 25.7 Å². The Labute approximate surface area is 100 Å². The molecule has 0 spiro atoms. The fraction of sp³-hybridized carbons (Fsp3) is 0.615. The van der Waals surface area contributed by atoms with Crippen molar-refractivity contribution in [2.75, 3.05) is 12.4 Å². The number of hydrogen-bond acceptors (Lipinski definition) is 2. The van der Waals surface area contributed by atoms with Crippen LogP contribution in [0.3, 0.4) is 0 Å². The van der Waals surface area contributed by atoms with Crippen molar-refractivity contribution in [3.63, 3.8) is 0 Å². The molecule has 1 fully saturated rings. The number of nitrogen functional groups attached to an aromatic ring is 1. The molecule has 1 aliphatic carbocycles. The van der Waals surface area contributed by atoms with Crippen LogP contribution in [0.4, 0.5) is 10.1 Å². The average Bonchev–Trinajstić information content (AvgIpc) is 2.34. The van der Waals surface area contributed by atoms with Gasteiger partial charge < -0.3 is 10.3 Å². The van der Waals surface area contributed by atoms with Gasteiger partial charge in [-0.25, -0.2) is 0 Å². The molecule has 0 atom stereocenters. The molecule has 1 saturated carbocycles. The SMILES string of the molecule is Nc1cccn(C2CCC(CCF)CC2)c1=O. The van der Waals surface area contributed by atoms with E-state index < -0.39 is 0 Å². The molecule has 2 rings (SSSR count). The van der Waals surface area contributed by atoms with E-state index >= 15 is 0 Å². The fourth-order valence-electron chi connectivity index (χ4n) is 2.68. The molecule has 0 saturated heterocycles. The van der Waals surface area contributed by atoms with Gasteiger partial charge in [-0.05, 0) is 50.2 Å². The first-order valence-electron chi connectivity index (χ1n) is 6.25. The van der Waals surface area contributed by atoms with Gasteiger partial charge in [-0.15, -0.1) is 0 Å². The molecule has 1 aromatic heterocycles. The highest BCUT2D eigenvalue weighted by Gasteiger charge is 2.22. The number of aromatic nitrogens is 1. The Morgan fingerprint density at radius 2 is 2.06 bits per heavy atom. The highest BCUT2D eigenvalue weighted by molar-refractivity contribution is 5.33. The predicted molar refractivity (Wildman–Crippen MR) is 66.7 cm³/mol. The van der Waals surface area contributed by atoms with Crippen molar-refractivity contribution >= 4 is 5.69 Å². The third kappa shape index (κ3) is 2.68. The number of anilines is 1. The van der Waals surface area contributed by atoms with Crippen LogP contribution in [0.1, 0.15) is 38.1 Å². The molecule has 1 heterocycles. The zero-order valence-corrected chi connectivity index (χ0v) is 9.94. The molecule has 94 valence electrons. The number of nitrogens with two attached hydrogens (primary N) is 1. The quantitative estimate of drug-likeness (QED) is 0.879. The smallest absolute Gasteiger partial charge is 0.273 e. The Morgan fingerprint density at radius 3 is 2.71 bits per heavy atom. The lowest BCUT2D eigenvalue weighted by Gasteiger charge is -2.29. The maximum atomic E-state index is 12.2. The van der Waals surface area contributed by atoms with E-state index in [9.17, 15) is 9.18 Å². The van der Waals surface area contributed by atoms with E-state index in [1.165, 1.54) is 0 Å². The lowest BCUT2D eigenvalue weighted by atomic mass is 9.84. The van der Waals surface area contributed by atoms with E-state index in [1.54, 1.807) is 16.8 Å². The van der Waals surface area contributed by atoms with Crippen LogP contribution in [0.2, 0.25) is 0 Å². The summed E-state index contributed by atoms with van der Waals surface area (Å²) in [6.07, 6.45) is 6.39. The van der Waals surface area contributed by atoms with Crippen LogP contribution in [0.15, 0.2) is 23.1 Å². The maximum absolute atomic E-state index is 12.2. The second-order valence-electron chi connectivity index (χ2n) is 4.83. The van der Waals surface area contributed by atoms with E-state index in [-0.39, 0.29) is 18.3 Å². The standard InChI is InChI=1S/C13H19FN2O/c14-8-7-10-3-5-11(6-4-10)16-9-1-2-12(15)13(16)17/h1-2,9-11H,3-8,15H2. The van der Waals surface area contributed by atoms with Gasteiger partial charge in [0, 0.05) is 12.2 Å². The Balaban J connectivity index is 2.06. The van der Waals surface area contributed by atoms with Crippen molar-refractivity contribution in [3.8, 4) is 0 Å². The zero-order chi connectivity index (χ0) is 12.3. The molecule has 0 bridgehead atoms. The van der Waals surface area contributed by atoms with Gasteiger partial charge in [-0.3, -0.25) is 9.18 Å². The molecular formula is C13H19FN2O. The van der Waals surface area contributed by atoms with Gasteiger partial charge in [0.25, 0.3) is 5.56 Å². The molecule has 0 aromatic carbocycles. The molecule has 2 N–H and O–H groups in total. The molecule has 0 radical (unpaired) electrons. The van der Waals surface area contributed by atoms with Gasteiger partial charge in [-0.2, -0.15) is 0 Å². The lowest BCUT2D eigenvalue weighted by Crippen LogP contribution is -2.29. The van der Waals surface area contributed by atoms with E-state index in [4.69, 9.17) is 5.73 Å². The first-order chi connectivity index (χ1) is 8.22. The molecule has 4 heteroatoms. The third-order valence-corrected chi connectivity index (χ3v) is 3.73. The summed E-state index contributed by atoms with van der Waals surface area (Å²) in [5.74, 6) is 0.494. The van der Waals surface area contributed by atoms with E-state index in [0.29, 0.717) is 18.0 Å². The second-order valence-corrected chi connectivity index (χ2v) is 4.83. The molecule has 0 aliphatic heterocycles. The number of rotatable bonds is 3. The van der Waals surface area contributed by atoms with Crippen LogP contribution in [0.5, 0.6) is 0 Å². The van der Waals surface area contributed by atoms with Crippen molar-refractivity contribution in [3.05, 3.63) is 28.7 Å².